The predicted octanol–water partition coefficient (Wildman–Crippen LogP) is 1.81. The number of nitrogens with zero attached hydrogens (tertiary/aromatic N) is 1. The Balaban J connectivity index is 1.98. The van der Waals surface area contributed by atoms with Crippen LogP contribution in [0.4, 0.5) is 5.69 Å². The van der Waals surface area contributed by atoms with Gasteiger partial charge in [0.05, 0.1) is 36.1 Å². The lowest BCUT2D eigenvalue weighted by Gasteiger charge is -2.35. The van der Waals surface area contributed by atoms with Gasteiger partial charge in [0.15, 0.2) is 11.4 Å². The van der Waals surface area contributed by atoms with Crippen molar-refractivity contribution >= 4 is 21.6 Å². The van der Waals surface area contributed by atoms with Gasteiger partial charge in [-0.1, -0.05) is 0 Å². The first-order valence-electron chi connectivity index (χ1n) is 4.93. The lowest BCUT2D eigenvalue weighted by Crippen LogP contribution is -2.46. The minimum Gasteiger partial charge on any atom is -0.479 e. The highest BCUT2D eigenvalue weighted by Crippen LogP contribution is 2.40. The molecule has 1 fully saturated rings. The topological polar surface area (TPSA) is 43.4 Å². The van der Waals surface area contributed by atoms with Gasteiger partial charge in [0.2, 0.25) is 0 Å². The Kier molecular flexibility index (Phi) is 2.10. The van der Waals surface area contributed by atoms with Gasteiger partial charge in [-0.25, -0.2) is 0 Å². The smallest absolute Gasteiger partial charge is 0.160 e. The molecule has 0 saturated carbocycles. The molecule has 1 unspecified atom stereocenters. The number of fused-ring (bicyclic) bond motifs is 1. The minimum absolute atomic E-state index is 0.184. The van der Waals surface area contributed by atoms with Crippen LogP contribution in [0.5, 0.6) is 5.75 Å². The van der Waals surface area contributed by atoms with Crippen LogP contribution in [-0.4, -0.2) is 30.3 Å². The summed E-state index contributed by atoms with van der Waals surface area (Å²) in [6.07, 6.45) is 4.46. The van der Waals surface area contributed by atoms with Crippen molar-refractivity contribution in [3.8, 4) is 5.75 Å². The van der Waals surface area contributed by atoms with Crippen molar-refractivity contribution in [2.45, 2.75) is 12.0 Å². The lowest BCUT2D eigenvalue weighted by atomic mass is 10.0. The normalized spacial score (nSPS) is 28.3. The summed E-state index contributed by atoms with van der Waals surface area (Å²) in [4.78, 5) is 4.09. The first-order chi connectivity index (χ1) is 7.29. The van der Waals surface area contributed by atoms with Crippen LogP contribution in [-0.2, 0) is 4.74 Å². The third-order valence-corrected chi connectivity index (χ3v) is 3.40. The van der Waals surface area contributed by atoms with Crippen LogP contribution in [0.2, 0.25) is 0 Å². The van der Waals surface area contributed by atoms with E-state index in [1.54, 1.807) is 12.4 Å². The molecule has 1 aromatic heterocycles. The molecule has 0 radical (unpaired) electrons. The second kappa shape index (κ2) is 3.35. The van der Waals surface area contributed by atoms with Crippen LogP contribution in [0.15, 0.2) is 16.9 Å². The molecule has 0 aliphatic carbocycles. The van der Waals surface area contributed by atoms with Gasteiger partial charge in [-0.2, -0.15) is 0 Å². The van der Waals surface area contributed by atoms with Crippen molar-refractivity contribution in [2.75, 3.05) is 25.1 Å². The Bertz CT molecular complexity index is 391. The first kappa shape index (κ1) is 9.42. The van der Waals surface area contributed by atoms with Gasteiger partial charge in [0.1, 0.15) is 0 Å². The molecule has 15 heavy (non-hydrogen) atoms. The monoisotopic (exact) mass is 270 g/mol. The zero-order valence-corrected chi connectivity index (χ0v) is 9.71. The summed E-state index contributed by atoms with van der Waals surface area (Å²) in [7, 11) is 0. The molecule has 3 heterocycles. The molecule has 1 spiro atoms. The fourth-order valence-electron chi connectivity index (χ4n) is 1.97. The number of nitrogens with one attached hydrogen (secondary N) is 1. The molecule has 80 valence electrons. The van der Waals surface area contributed by atoms with Crippen molar-refractivity contribution in [1.82, 2.24) is 4.98 Å². The number of halogens is 1. The number of hydrogen-bond donors (Lipinski definition) is 1. The van der Waals surface area contributed by atoms with Crippen LogP contribution < -0.4 is 10.1 Å². The largest absolute Gasteiger partial charge is 0.479 e. The molecular formula is C10H11BrN2O2. The third kappa shape index (κ3) is 1.50. The van der Waals surface area contributed by atoms with E-state index in [2.05, 4.69) is 26.2 Å². The van der Waals surface area contributed by atoms with Crippen molar-refractivity contribution in [3.05, 3.63) is 16.9 Å². The SMILES string of the molecule is Brc1cncc2c1OC1(CCOC1)CN2. The van der Waals surface area contributed by atoms with Gasteiger partial charge in [0.25, 0.3) is 0 Å². The maximum atomic E-state index is 6.04. The highest BCUT2D eigenvalue weighted by molar-refractivity contribution is 9.10. The van der Waals surface area contributed by atoms with E-state index in [0.717, 1.165) is 35.5 Å². The van der Waals surface area contributed by atoms with Crippen LogP contribution in [0.1, 0.15) is 6.42 Å². The van der Waals surface area contributed by atoms with Gasteiger partial charge >= 0.3 is 0 Å². The summed E-state index contributed by atoms with van der Waals surface area (Å²) >= 11 is 3.44. The quantitative estimate of drug-likeness (QED) is 0.781. The second-order valence-corrected chi connectivity index (χ2v) is 4.79. The Morgan fingerprint density at radius 3 is 3.20 bits per heavy atom. The molecule has 5 heteroatoms. The molecule has 1 atom stereocenters. The summed E-state index contributed by atoms with van der Waals surface area (Å²) in [5.74, 6) is 0.849. The third-order valence-electron chi connectivity index (χ3n) is 2.84. The summed E-state index contributed by atoms with van der Waals surface area (Å²) < 4.78 is 12.3. The van der Waals surface area contributed by atoms with Crippen LogP contribution >= 0.6 is 15.9 Å². The van der Waals surface area contributed by atoms with E-state index in [4.69, 9.17) is 9.47 Å². The molecule has 0 bridgehead atoms. The molecular weight excluding hydrogens is 260 g/mol. The highest BCUT2D eigenvalue weighted by atomic mass is 79.9. The second-order valence-electron chi connectivity index (χ2n) is 3.94. The summed E-state index contributed by atoms with van der Waals surface area (Å²) in [6, 6.07) is 0. The molecule has 4 nitrogen and oxygen atoms in total. The van der Waals surface area contributed by atoms with Crippen molar-refractivity contribution in [1.29, 1.82) is 0 Å². The van der Waals surface area contributed by atoms with Crippen molar-refractivity contribution in [3.63, 3.8) is 0 Å². The standard InChI is InChI=1S/C10H11BrN2O2/c11-7-3-12-4-8-9(7)15-10(5-13-8)1-2-14-6-10/h3-4,13H,1-2,5-6H2. The van der Waals surface area contributed by atoms with Crippen LogP contribution in [0.25, 0.3) is 0 Å². The Morgan fingerprint density at radius 2 is 2.40 bits per heavy atom. The van der Waals surface area contributed by atoms with E-state index >= 15 is 0 Å². The summed E-state index contributed by atoms with van der Waals surface area (Å²) in [6.45, 7) is 2.23. The highest BCUT2D eigenvalue weighted by Gasteiger charge is 2.40. The fraction of sp³-hybridized carbons (Fsp3) is 0.500. The average molecular weight is 271 g/mol. The summed E-state index contributed by atoms with van der Waals surface area (Å²) in [5.41, 5.74) is 0.763. The Morgan fingerprint density at radius 1 is 1.47 bits per heavy atom. The number of ether oxygens (including phenoxy) is 2. The van der Waals surface area contributed by atoms with Gasteiger partial charge in [-0.3, -0.25) is 4.98 Å². The Labute approximate surface area is 96.1 Å². The molecule has 3 rings (SSSR count). The number of hydrogen-bond acceptors (Lipinski definition) is 4. The van der Waals surface area contributed by atoms with E-state index < -0.39 is 0 Å². The van der Waals surface area contributed by atoms with E-state index in [1.807, 2.05) is 0 Å². The van der Waals surface area contributed by atoms with E-state index in [1.165, 1.54) is 0 Å². The molecule has 0 aromatic carbocycles. The van der Waals surface area contributed by atoms with E-state index in [9.17, 15) is 0 Å². The molecule has 2 aliphatic rings. The fourth-order valence-corrected chi connectivity index (χ4v) is 2.38. The van der Waals surface area contributed by atoms with Gasteiger partial charge in [-0.05, 0) is 15.9 Å². The van der Waals surface area contributed by atoms with Crippen molar-refractivity contribution in [2.24, 2.45) is 0 Å². The zero-order valence-electron chi connectivity index (χ0n) is 8.12. The van der Waals surface area contributed by atoms with E-state index in [0.29, 0.717) is 6.61 Å². The predicted molar refractivity (Wildman–Crippen MR) is 59.2 cm³/mol. The minimum atomic E-state index is -0.184. The average Bonchev–Trinajstić information content (AvgIpc) is 2.68. The number of anilines is 1. The molecule has 1 aromatic rings. The van der Waals surface area contributed by atoms with Crippen LogP contribution in [0.3, 0.4) is 0 Å². The Hall–Kier alpha value is -0.810. The molecule has 1 N–H and O–H groups in total. The van der Waals surface area contributed by atoms with Gasteiger partial charge in [0, 0.05) is 12.6 Å². The molecule has 0 amide bonds. The number of aromatic nitrogens is 1. The summed E-state index contributed by atoms with van der Waals surface area (Å²) in [5, 5.41) is 3.34. The first-order valence-corrected chi connectivity index (χ1v) is 5.73. The molecule has 1 saturated heterocycles. The number of rotatable bonds is 0. The van der Waals surface area contributed by atoms with E-state index in [-0.39, 0.29) is 5.60 Å². The lowest BCUT2D eigenvalue weighted by molar-refractivity contribution is 0.0552. The van der Waals surface area contributed by atoms with Gasteiger partial charge < -0.3 is 14.8 Å². The maximum Gasteiger partial charge on any atom is 0.160 e. The maximum absolute atomic E-state index is 6.04. The zero-order chi connectivity index (χ0) is 10.3. The number of pyridine rings is 1. The van der Waals surface area contributed by atoms with Crippen LogP contribution in [0, 0.1) is 0 Å². The van der Waals surface area contributed by atoms with Gasteiger partial charge in [-0.15, -0.1) is 0 Å². The molecule has 2 aliphatic heterocycles. The van der Waals surface area contributed by atoms with Crippen molar-refractivity contribution < 1.29 is 9.47 Å².